The lowest BCUT2D eigenvalue weighted by Crippen LogP contribution is -2.44. The molecule has 0 unspecified atom stereocenters. The molecule has 0 saturated carbocycles. The van der Waals surface area contributed by atoms with Gasteiger partial charge in [-0.3, -0.25) is 14.9 Å². The van der Waals surface area contributed by atoms with Crippen LogP contribution in [0.1, 0.15) is 20.8 Å². The fourth-order valence-electron chi connectivity index (χ4n) is 3.30. The Morgan fingerprint density at radius 1 is 0.903 bits per heavy atom. The van der Waals surface area contributed by atoms with Crippen molar-refractivity contribution in [2.24, 2.45) is 0 Å². The number of carbonyl (C=O) groups is 2. The number of rotatable bonds is 6. The van der Waals surface area contributed by atoms with Crippen molar-refractivity contribution < 1.29 is 23.8 Å². The van der Waals surface area contributed by atoms with Crippen molar-refractivity contribution in [3.8, 4) is 5.75 Å². The van der Waals surface area contributed by atoms with Gasteiger partial charge in [-0.1, -0.05) is 54.6 Å². The molecule has 3 aromatic carbocycles. The van der Waals surface area contributed by atoms with E-state index in [1.165, 1.54) is 28.8 Å². The van der Waals surface area contributed by atoms with E-state index in [1.54, 1.807) is 42.6 Å². The average Bonchev–Trinajstić information content (AvgIpc) is 2.79. The number of nitrogens with zero attached hydrogens (tertiary/aromatic N) is 2. The molecule has 0 N–H and O–H groups in total. The first kappa shape index (κ1) is 19.9. The van der Waals surface area contributed by atoms with Crippen LogP contribution in [-0.4, -0.2) is 16.7 Å². The van der Waals surface area contributed by atoms with E-state index >= 15 is 0 Å². The third-order valence-corrected chi connectivity index (χ3v) is 4.78. The van der Waals surface area contributed by atoms with Gasteiger partial charge in [0.15, 0.2) is 6.20 Å². The summed E-state index contributed by atoms with van der Waals surface area (Å²) in [6, 6.07) is 23.3. The molecule has 7 heteroatoms. The smallest absolute Gasteiger partial charge is 0.409 e. The maximum atomic E-state index is 13.1. The van der Waals surface area contributed by atoms with Crippen LogP contribution < -0.4 is 9.30 Å². The number of ketones is 1. The standard InChI is InChI=1S/C24H17N2O5/c27-22(18-8-2-1-3-9-18)16-25-14-13-17-7-4-5-12-21(17)23(25)24(28)31-20-11-6-10-19(15-20)26(29)30/h1-15H,16H2/q+1. The molecule has 0 spiro atoms. The van der Waals surface area contributed by atoms with Gasteiger partial charge < -0.3 is 4.74 Å². The molecular weight excluding hydrogens is 396 g/mol. The molecule has 0 saturated heterocycles. The molecule has 0 aliphatic rings. The fraction of sp³-hybridized carbons (Fsp3) is 0.0417. The summed E-state index contributed by atoms with van der Waals surface area (Å²) >= 11 is 0. The lowest BCUT2D eigenvalue weighted by atomic mass is 10.1. The molecule has 7 nitrogen and oxygen atoms in total. The van der Waals surface area contributed by atoms with Crippen LogP contribution in [0.3, 0.4) is 0 Å². The lowest BCUT2D eigenvalue weighted by Gasteiger charge is -2.08. The van der Waals surface area contributed by atoms with E-state index in [4.69, 9.17) is 4.74 Å². The second-order valence-electron chi connectivity index (χ2n) is 6.81. The number of hydrogen-bond acceptors (Lipinski definition) is 5. The molecule has 4 aromatic rings. The number of Topliss-reactive ketones (excluding diaryl/α,β-unsaturated/α-hetero) is 1. The monoisotopic (exact) mass is 413 g/mol. The zero-order valence-corrected chi connectivity index (χ0v) is 16.3. The van der Waals surface area contributed by atoms with Gasteiger partial charge in [-0.05, 0) is 17.5 Å². The first-order chi connectivity index (χ1) is 15.0. The number of nitro benzene ring substituents is 1. The van der Waals surface area contributed by atoms with Crippen LogP contribution in [0, 0.1) is 10.1 Å². The van der Waals surface area contributed by atoms with Gasteiger partial charge in [0.2, 0.25) is 12.3 Å². The van der Waals surface area contributed by atoms with Crippen molar-refractivity contribution in [3.05, 3.63) is 112 Å². The molecule has 0 aliphatic carbocycles. The van der Waals surface area contributed by atoms with E-state index in [9.17, 15) is 19.7 Å². The molecule has 0 radical (unpaired) electrons. The lowest BCUT2D eigenvalue weighted by molar-refractivity contribution is -0.684. The summed E-state index contributed by atoms with van der Waals surface area (Å²) in [7, 11) is 0. The van der Waals surface area contributed by atoms with E-state index in [0.717, 1.165) is 5.39 Å². The Balaban J connectivity index is 1.73. The molecule has 0 fully saturated rings. The van der Waals surface area contributed by atoms with Crippen LogP contribution in [0.5, 0.6) is 5.75 Å². The Morgan fingerprint density at radius 2 is 1.65 bits per heavy atom. The molecule has 0 bridgehead atoms. The normalized spacial score (nSPS) is 10.6. The number of non-ortho nitro benzene ring substituents is 1. The third-order valence-electron chi connectivity index (χ3n) is 4.78. The number of pyridine rings is 1. The number of fused-ring (bicyclic) bond motifs is 1. The van der Waals surface area contributed by atoms with Gasteiger partial charge in [0.05, 0.1) is 16.4 Å². The highest BCUT2D eigenvalue weighted by Gasteiger charge is 2.27. The maximum Gasteiger partial charge on any atom is 0.409 e. The highest BCUT2D eigenvalue weighted by atomic mass is 16.6. The predicted octanol–water partition coefficient (Wildman–Crippen LogP) is 4.14. The number of hydrogen-bond donors (Lipinski definition) is 0. The number of carbonyl (C=O) groups excluding carboxylic acids is 2. The minimum Gasteiger partial charge on any atom is -0.418 e. The number of ether oxygens (including phenoxy) is 1. The minimum atomic E-state index is -0.710. The van der Waals surface area contributed by atoms with E-state index < -0.39 is 10.9 Å². The molecule has 0 amide bonds. The van der Waals surface area contributed by atoms with Crippen molar-refractivity contribution in [2.75, 3.05) is 0 Å². The molecule has 1 aromatic heterocycles. The predicted molar refractivity (Wildman–Crippen MR) is 113 cm³/mol. The van der Waals surface area contributed by atoms with E-state index in [1.807, 2.05) is 24.3 Å². The maximum absolute atomic E-state index is 13.1. The Morgan fingerprint density at radius 3 is 2.42 bits per heavy atom. The summed E-state index contributed by atoms with van der Waals surface area (Å²) in [5.74, 6) is -0.823. The van der Waals surface area contributed by atoms with Gasteiger partial charge in [0.1, 0.15) is 5.75 Å². The number of nitro groups is 1. The summed E-state index contributed by atoms with van der Waals surface area (Å²) in [6.07, 6.45) is 1.66. The molecule has 31 heavy (non-hydrogen) atoms. The van der Waals surface area contributed by atoms with Gasteiger partial charge in [0, 0.05) is 17.7 Å². The second kappa shape index (κ2) is 8.54. The highest BCUT2D eigenvalue weighted by molar-refractivity contribution is 6.02. The van der Waals surface area contributed by atoms with Crippen molar-refractivity contribution in [2.45, 2.75) is 6.54 Å². The SMILES string of the molecule is O=C(C[n+]1ccc2ccccc2c1C(=O)Oc1cccc([N+](=O)[O-])c1)c1ccccc1. The van der Waals surface area contributed by atoms with Crippen LogP contribution in [-0.2, 0) is 6.54 Å². The Labute approximate surface area is 177 Å². The van der Waals surface area contributed by atoms with Gasteiger partial charge in [-0.15, -0.1) is 0 Å². The number of esters is 1. The topological polar surface area (TPSA) is 90.4 Å². The zero-order chi connectivity index (χ0) is 21.8. The van der Waals surface area contributed by atoms with Crippen LogP contribution >= 0.6 is 0 Å². The van der Waals surface area contributed by atoms with Crippen molar-refractivity contribution in [1.82, 2.24) is 0 Å². The van der Waals surface area contributed by atoms with Crippen molar-refractivity contribution in [1.29, 1.82) is 0 Å². The van der Waals surface area contributed by atoms with Gasteiger partial charge in [0.25, 0.3) is 11.4 Å². The third kappa shape index (κ3) is 4.30. The Bertz CT molecular complexity index is 1300. The fourth-order valence-corrected chi connectivity index (χ4v) is 3.30. The van der Waals surface area contributed by atoms with Crippen molar-refractivity contribution >= 4 is 28.2 Å². The first-order valence-corrected chi connectivity index (χ1v) is 9.49. The summed E-state index contributed by atoms with van der Waals surface area (Å²) in [6.45, 7) is -0.0613. The van der Waals surface area contributed by atoms with Crippen molar-refractivity contribution in [3.63, 3.8) is 0 Å². The van der Waals surface area contributed by atoms with Crippen LogP contribution in [0.25, 0.3) is 10.8 Å². The Hall–Kier alpha value is -4.39. The molecular formula is C24H17N2O5+. The molecule has 4 rings (SSSR count). The van der Waals surface area contributed by atoms with Gasteiger partial charge in [-0.2, -0.15) is 4.57 Å². The molecule has 152 valence electrons. The van der Waals surface area contributed by atoms with E-state index in [2.05, 4.69) is 0 Å². The van der Waals surface area contributed by atoms with E-state index in [0.29, 0.717) is 10.9 Å². The second-order valence-corrected chi connectivity index (χ2v) is 6.81. The minimum absolute atomic E-state index is 0.0491. The summed E-state index contributed by atoms with van der Waals surface area (Å²) in [5.41, 5.74) is 0.533. The average molecular weight is 413 g/mol. The van der Waals surface area contributed by atoms with Crippen LogP contribution in [0.4, 0.5) is 5.69 Å². The molecule has 1 heterocycles. The summed E-state index contributed by atoms with van der Waals surface area (Å²) in [5, 5.41) is 12.4. The largest absolute Gasteiger partial charge is 0.418 e. The highest BCUT2D eigenvalue weighted by Crippen LogP contribution is 2.22. The van der Waals surface area contributed by atoms with E-state index in [-0.39, 0.29) is 29.5 Å². The molecule has 0 atom stereocenters. The molecule has 0 aliphatic heterocycles. The zero-order valence-electron chi connectivity index (χ0n) is 16.3. The van der Waals surface area contributed by atoms with Crippen LogP contribution in [0.15, 0.2) is 91.1 Å². The quantitative estimate of drug-likeness (QED) is 0.118. The number of aromatic nitrogens is 1. The van der Waals surface area contributed by atoms with Gasteiger partial charge >= 0.3 is 5.97 Å². The van der Waals surface area contributed by atoms with Crippen LogP contribution in [0.2, 0.25) is 0 Å². The van der Waals surface area contributed by atoms with Gasteiger partial charge in [-0.25, -0.2) is 4.79 Å². The number of benzene rings is 3. The first-order valence-electron chi connectivity index (χ1n) is 9.49. The summed E-state index contributed by atoms with van der Waals surface area (Å²) < 4.78 is 6.99. The Kier molecular flexibility index (Phi) is 5.49. The summed E-state index contributed by atoms with van der Waals surface area (Å²) in [4.78, 5) is 36.3.